The molecule has 0 amide bonds. The van der Waals surface area contributed by atoms with Crippen LogP contribution in [0.15, 0.2) is 0 Å². The molecular formula is C9H15F2N. The van der Waals surface area contributed by atoms with Gasteiger partial charge < -0.3 is 5.32 Å². The van der Waals surface area contributed by atoms with Gasteiger partial charge in [-0.25, -0.2) is 8.78 Å². The van der Waals surface area contributed by atoms with Gasteiger partial charge in [-0.2, -0.15) is 0 Å². The molecule has 1 aliphatic carbocycles. The first kappa shape index (κ1) is 8.42. The second-order valence-corrected chi connectivity index (χ2v) is 4.13. The Morgan fingerprint density at radius 1 is 1.17 bits per heavy atom. The van der Waals surface area contributed by atoms with Crippen molar-refractivity contribution in [3.05, 3.63) is 0 Å². The number of halogens is 2. The maximum absolute atomic E-state index is 12.5. The second-order valence-electron chi connectivity index (χ2n) is 4.13. The summed E-state index contributed by atoms with van der Waals surface area (Å²) >= 11 is 0. The Bertz CT molecular complexity index is 156. The van der Waals surface area contributed by atoms with Gasteiger partial charge in [0.05, 0.1) is 0 Å². The molecule has 0 aromatic carbocycles. The van der Waals surface area contributed by atoms with Crippen LogP contribution in [-0.2, 0) is 0 Å². The van der Waals surface area contributed by atoms with E-state index in [1.54, 1.807) is 0 Å². The highest BCUT2D eigenvalue weighted by molar-refractivity contribution is 4.91. The highest BCUT2D eigenvalue weighted by atomic mass is 19.3. The normalized spacial score (nSPS) is 36.0. The molecule has 1 saturated carbocycles. The first-order chi connectivity index (χ1) is 5.67. The molecular weight excluding hydrogens is 160 g/mol. The van der Waals surface area contributed by atoms with E-state index < -0.39 is 5.92 Å². The Labute approximate surface area is 71.5 Å². The molecule has 1 saturated heterocycles. The molecule has 1 N–H and O–H groups in total. The van der Waals surface area contributed by atoms with Crippen molar-refractivity contribution in [1.29, 1.82) is 0 Å². The summed E-state index contributed by atoms with van der Waals surface area (Å²) in [6.45, 7) is 2.03. The van der Waals surface area contributed by atoms with Crippen molar-refractivity contribution < 1.29 is 8.78 Å². The van der Waals surface area contributed by atoms with E-state index in [0.717, 1.165) is 25.9 Å². The number of hydrogen-bond donors (Lipinski definition) is 1. The third-order valence-corrected chi connectivity index (χ3v) is 3.12. The lowest BCUT2D eigenvalue weighted by molar-refractivity contribution is -0.127. The molecule has 12 heavy (non-hydrogen) atoms. The van der Waals surface area contributed by atoms with E-state index in [-0.39, 0.29) is 12.8 Å². The van der Waals surface area contributed by atoms with Crippen LogP contribution in [0.3, 0.4) is 0 Å². The third kappa shape index (κ3) is 1.60. The zero-order valence-electron chi connectivity index (χ0n) is 7.15. The van der Waals surface area contributed by atoms with Crippen molar-refractivity contribution >= 4 is 0 Å². The van der Waals surface area contributed by atoms with Gasteiger partial charge in [0.15, 0.2) is 0 Å². The maximum atomic E-state index is 12.5. The molecule has 2 fully saturated rings. The molecule has 0 aromatic rings. The smallest absolute Gasteiger partial charge is 0.248 e. The minimum atomic E-state index is -2.33. The van der Waals surface area contributed by atoms with Crippen LogP contribution in [0, 0.1) is 11.8 Å². The van der Waals surface area contributed by atoms with Crippen LogP contribution in [0.25, 0.3) is 0 Å². The molecule has 70 valence electrons. The Morgan fingerprint density at radius 3 is 2.42 bits per heavy atom. The van der Waals surface area contributed by atoms with E-state index in [4.69, 9.17) is 0 Å². The quantitative estimate of drug-likeness (QED) is 0.643. The molecule has 1 atom stereocenters. The van der Waals surface area contributed by atoms with Gasteiger partial charge in [0.2, 0.25) is 5.92 Å². The number of nitrogens with one attached hydrogen (secondary N) is 1. The summed E-state index contributed by atoms with van der Waals surface area (Å²) in [5.74, 6) is -1.51. The van der Waals surface area contributed by atoms with Crippen LogP contribution in [-0.4, -0.2) is 19.0 Å². The summed E-state index contributed by atoms with van der Waals surface area (Å²) in [6, 6.07) is 0. The Balaban J connectivity index is 1.79. The maximum Gasteiger partial charge on any atom is 0.248 e. The number of hydrogen-bond acceptors (Lipinski definition) is 1. The lowest BCUT2D eigenvalue weighted by Crippen LogP contribution is -2.44. The van der Waals surface area contributed by atoms with Crippen LogP contribution < -0.4 is 5.32 Å². The van der Waals surface area contributed by atoms with Gasteiger partial charge in [-0.3, -0.25) is 0 Å². The Hall–Kier alpha value is -0.180. The van der Waals surface area contributed by atoms with Crippen LogP contribution >= 0.6 is 0 Å². The highest BCUT2D eigenvalue weighted by Gasteiger charge is 2.48. The molecule has 3 heteroatoms. The van der Waals surface area contributed by atoms with Crippen LogP contribution in [0.1, 0.15) is 25.7 Å². The molecule has 0 aromatic heterocycles. The number of alkyl halides is 2. The molecule has 1 heterocycles. The Kier molecular flexibility index (Phi) is 2.07. The van der Waals surface area contributed by atoms with Gasteiger partial charge in [-0.05, 0) is 37.8 Å². The first-order valence-electron chi connectivity index (χ1n) is 4.76. The van der Waals surface area contributed by atoms with Gasteiger partial charge >= 0.3 is 0 Å². The number of rotatable bonds is 1. The monoisotopic (exact) mass is 175 g/mol. The first-order valence-corrected chi connectivity index (χ1v) is 4.76. The van der Waals surface area contributed by atoms with E-state index in [9.17, 15) is 8.78 Å². The van der Waals surface area contributed by atoms with E-state index in [1.165, 1.54) is 0 Å². The van der Waals surface area contributed by atoms with E-state index in [2.05, 4.69) is 5.32 Å². The second kappa shape index (κ2) is 2.95. The van der Waals surface area contributed by atoms with Crippen molar-refractivity contribution in [2.24, 2.45) is 11.8 Å². The third-order valence-electron chi connectivity index (χ3n) is 3.12. The number of piperidine rings is 1. The van der Waals surface area contributed by atoms with Crippen molar-refractivity contribution in [3.8, 4) is 0 Å². The summed E-state index contributed by atoms with van der Waals surface area (Å²) < 4.78 is 25.0. The molecule has 2 aliphatic rings. The van der Waals surface area contributed by atoms with Gasteiger partial charge in [0.1, 0.15) is 0 Å². The molecule has 0 radical (unpaired) electrons. The summed E-state index contributed by atoms with van der Waals surface area (Å²) in [5.41, 5.74) is 0. The zero-order valence-corrected chi connectivity index (χ0v) is 7.15. The van der Waals surface area contributed by atoms with Crippen molar-refractivity contribution in [2.75, 3.05) is 13.1 Å². The molecule has 2 rings (SSSR count). The standard InChI is InChI=1S/C9H15F2N/c10-9(11)4-8(5-9)7-2-1-3-12-6-7/h7-8,12H,1-6H2. The molecule has 0 spiro atoms. The summed E-state index contributed by atoms with van der Waals surface area (Å²) in [6.07, 6.45) is 2.58. The fraction of sp³-hybridized carbons (Fsp3) is 1.00. The van der Waals surface area contributed by atoms with Gasteiger partial charge in [-0.1, -0.05) is 0 Å². The van der Waals surface area contributed by atoms with E-state index in [0.29, 0.717) is 11.8 Å². The SMILES string of the molecule is FC1(F)CC(C2CCCNC2)C1. The molecule has 1 unspecified atom stereocenters. The average molecular weight is 175 g/mol. The minimum Gasteiger partial charge on any atom is -0.316 e. The summed E-state index contributed by atoms with van der Waals surface area (Å²) in [5, 5.41) is 3.27. The van der Waals surface area contributed by atoms with E-state index >= 15 is 0 Å². The zero-order chi connectivity index (χ0) is 8.60. The van der Waals surface area contributed by atoms with Crippen LogP contribution in [0.2, 0.25) is 0 Å². The molecule has 1 nitrogen and oxygen atoms in total. The lowest BCUT2D eigenvalue weighted by atomic mass is 9.71. The predicted molar refractivity (Wildman–Crippen MR) is 43.3 cm³/mol. The minimum absolute atomic E-state index is 0.138. The predicted octanol–water partition coefficient (Wildman–Crippen LogP) is 2.03. The van der Waals surface area contributed by atoms with Crippen LogP contribution in [0.4, 0.5) is 8.78 Å². The average Bonchev–Trinajstić information content (AvgIpc) is 2.02. The highest BCUT2D eigenvalue weighted by Crippen LogP contribution is 2.47. The Morgan fingerprint density at radius 2 is 1.92 bits per heavy atom. The topological polar surface area (TPSA) is 12.0 Å². The fourth-order valence-corrected chi connectivity index (χ4v) is 2.32. The largest absolute Gasteiger partial charge is 0.316 e. The summed E-state index contributed by atoms with van der Waals surface area (Å²) in [4.78, 5) is 0. The van der Waals surface area contributed by atoms with Crippen LogP contribution in [0.5, 0.6) is 0 Å². The van der Waals surface area contributed by atoms with Gasteiger partial charge in [0, 0.05) is 12.8 Å². The van der Waals surface area contributed by atoms with Gasteiger partial charge in [0.25, 0.3) is 0 Å². The lowest BCUT2D eigenvalue weighted by Gasteiger charge is -2.41. The molecule has 0 bridgehead atoms. The van der Waals surface area contributed by atoms with Crippen molar-refractivity contribution in [3.63, 3.8) is 0 Å². The van der Waals surface area contributed by atoms with E-state index in [1.807, 2.05) is 0 Å². The van der Waals surface area contributed by atoms with Crippen molar-refractivity contribution in [2.45, 2.75) is 31.6 Å². The van der Waals surface area contributed by atoms with Crippen molar-refractivity contribution in [1.82, 2.24) is 5.32 Å². The fourth-order valence-electron chi connectivity index (χ4n) is 2.32. The van der Waals surface area contributed by atoms with Gasteiger partial charge in [-0.15, -0.1) is 0 Å². The molecule has 1 aliphatic heterocycles. The summed E-state index contributed by atoms with van der Waals surface area (Å²) in [7, 11) is 0.